The second kappa shape index (κ2) is 6.82. The van der Waals surface area contributed by atoms with Crippen molar-refractivity contribution >= 4 is 11.7 Å². The van der Waals surface area contributed by atoms with Crippen molar-refractivity contribution in [2.24, 2.45) is 5.73 Å². The lowest BCUT2D eigenvalue weighted by molar-refractivity contribution is -0.117. The zero-order chi connectivity index (χ0) is 14.4. The lowest BCUT2D eigenvalue weighted by Crippen LogP contribution is -2.21. The van der Waals surface area contributed by atoms with Crippen molar-refractivity contribution in [2.75, 3.05) is 5.32 Å². The molecule has 0 aliphatic heterocycles. The van der Waals surface area contributed by atoms with Gasteiger partial charge in [-0.25, -0.2) is 4.98 Å². The normalized spacial score (nSPS) is 11.9. The van der Waals surface area contributed by atoms with Crippen molar-refractivity contribution in [2.45, 2.75) is 25.8 Å². The lowest BCUT2D eigenvalue weighted by atomic mass is 9.96. The Balaban J connectivity index is 2.09. The van der Waals surface area contributed by atoms with Crippen LogP contribution in [0.1, 0.15) is 30.4 Å². The number of nitrogens with two attached hydrogens (primary N) is 1. The van der Waals surface area contributed by atoms with Gasteiger partial charge in [0.05, 0.1) is 5.92 Å². The monoisotopic (exact) mass is 269 g/mol. The summed E-state index contributed by atoms with van der Waals surface area (Å²) in [5.74, 6) is 0.362. The van der Waals surface area contributed by atoms with Gasteiger partial charge in [-0.2, -0.15) is 0 Å². The number of amides is 1. The smallest absolute Gasteiger partial charge is 0.233 e. The number of nitrogens with one attached hydrogen (secondary N) is 1. The predicted octanol–water partition coefficient (Wildman–Crippen LogP) is 2.67. The van der Waals surface area contributed by atoms with E-state index < -0.39 is 0 Å². The zero-order valence-corrected chi connectivity index (χ0v) is 11.5. The van der Waals surface area contributed by atoms with E-state index in [1.165, 1.54) is 0 Å². The predicted molar refractivity (Wildman–Crippen MR) is 80.2 cm³/mol. The van der Waals surface area contributed by atoms with E-state index in [1.807, 2.05) is 43.3 Å². The molecule has 0 spiro atoms. The highest BCUT2D eigenvalue weighted by molar-refractivity contribution is 5.95. The fourth-order valence-corrected chi connectivity index (χ4v) is 2.09. The van der Waals surface area contributed by atoms with Crippen molar-refractivity contribution < 1.29 is 4.79 Å². The van der Waals surface area contributed by atoms with E-state index in [0.29, 0.717) is 12.4 Å². The van der Waals surface area contributed by atoms with Crippen molar-refractivity contribution in [3.05, 3.63) is 59.8 Å². The Hall–Kier alpha value is -2.20. The minimum absolute atomic E-state index is 0.0355. The summed E-state index contributed by atoms with van der Waals surface area (Å²) < 4.78 is 0. The molecule has 0 bridgehead atoms. The molecule has 1 unspecified atom stereocenters. The number of hydrogen-bond acceptors (Lipinski definition) is 3. The van der Waals surface area contributed by atoms with Gasteiger partial charge in [-0.15, -0.1) is 0 Å². The Bertz CT molecular complexity index is 552. The molecule has 1 atom stereocenters. The van der Waals surface area contributed by atoms with Crippen molar-refractivity contribution in [3.8, 4) is 0 Å². The minimum atomic E-state index is -0.160. The summed E-state index contributed by atoms with van der Waals surface area (Å²) in [5.41, 5.74) is 7.48. The van der Waals surface area contributed by atoms with E-state index in [4.69, 9.17) is 5.73 Å². The maximum absolute atomic E-state index is 12.3. The number of carbonyl (C=O) groups is 1. The van der Waals surface area contributed by atoms with Gasteiger partial charge in [0.25, 0.3) is 0 Å². The first-order valence-electron chi connectivity index (χ1n) is 6.75. The molecule has 0 fully saturated rings. The molecule has 3 N–H and O–H groups in total. The molecular weight excluding hydrogens is 250 g/mol. The maximum atomic E-state index is 12.3. The number of pyridine rings is 1. The van der Waals surface area contributed by atoms with E-state index in [-0.39, 0.29) is 11.8 Å². The summed E-state index contributed by atoms with van der Waals surface area (Å²) in [5, 5.41) is 2.85. The van der Waals surface area contributed by atoms with Crippen LogP contribution in [0, 0.1) is 0 Å². The molecule has 0 aliphatic rings. The van der Waals surface area contributed by atoms with E-state index >= 15 is 0 Å². The summed E-state index contributed by atoms with van der Waals surface area (Å²) in [6.45, 7) is 2.45. The number of anilines is 1. The molecule has 0 aliphatic carbocycles. The van der Waals surface area contributed by atoms with Crippen LogP contribution in [-0.4, -0.2) is 10.9 Å². The summed E-state index contributed by atoms with van der Waals surface area (Å²) in [6.07, 6.45) is 2.43. The molecular formula is C16H19N3O. The molecule has 1 aromatic carbocycles. The van der Waals surface area contributed by atoms with Crippen LogP contribution in [0.4, 0.5) is 5.82 Å². The molecule has 0 saturated heterocycles. The number of aromatic nitrogens is 1. The molecule has 104 valence electrons. The maximum Gasteiger partial charge on any atom is 0.233 e. The molecule has 2 rings (SSSR count). The first-order valence-corrected chi connectivity index (χ1v) is 6.75. The van der Waals surface area contributed by atoms with Crippen LogP contribution in [0.5, 0.6) is 0 Å². The van der Waals surface area contributed by atoms with Crippen LogP contribution in [0.2, 0.25) is 0 Å². The Labute approximate surface area is 119 Å². The largest absolute Gasteiger partial charge is 0.326 e. The first kappa shape index (κ1) is 14.2. The zero-order valence-electron chi connectivity index (χ0n) is 11.5. The van der Waals surface area contributed by atoms with Crippen molar-refractivity contribution in [3.63, 3.8) is 0 Å². The molecule has 4 heteroatoms. The first-order chi connectivity index (χ1) is 9.74. The standard InChI is InChI=1S/C16H19N3O/c1-2-14(13-6-4-3-5-7-13)16(20)19-15-9-8-12(10-17)11-18-15/h3-9,11,14H,2,10,17H2,1H3,(H,18,19,20). The third kappa shape index (κ3) is 3.42. The van der Waals surface area contributed by atoms with E-state index in [0.717, 1.165) is 17.5 Å². The van der Waals surface area contributed by atoms with Gasteiger partial charge in [0.1, 0.15) is 5.82 Å². The van der Waals surface area contributed by atoms with Gasteiger partial charge in [0.2, 0.25) is 5.91 Å². The Kier molecular flexibility index (Phi) is 4.85. The number of rotatable bonds is 5. The van der Waals surface area contributed by atoms with Gasteiger partial charge in [-0.1, -0.05) is 43.3 Å². The van der Waals surface area contributed by atoms with Gasteiger partial charge < -0.3 is 11.1 Å². The number of carbonyl (C=O) groups excluding carboxylic acids is 1. The molecule has 2 aromatic rings. The Morgan fingerprint density at radius 2 is 2.00 bits per heavy atom. The third-order valence-electron chi connectivity index (χ3n) is 3.24. The van der Waals surface area contributed by atoms with E-state index in [9.17, 15) is 4.79 Å². The fraction of sp³-hybridized carbons (Fsp3) is 0.250. The fourth-order valence-electron chi connectivity index (χ4n) is 2.09. The van der Waals surface area contributed by atoms with Crippen LogP contribution in [0.25, 0.3) is 0 Å². The highest BCUT2D eigenvalue weighted by atomic mass is 16.1. The SMILES string of the molecule is CCC(C(=O)Nc1ccc(CN)cn1)c1ccccc1. The second-order valence-corrected chi connectivity index (χ2v) is 4.62. The van der Waals surface area contributed by atoms with E-state index in [1.54, 1.807) is 12.3 Å². The molecule has 0 saturated carbocycles. The van der Waals surface area contributed by atoms with Gasteiger partial charge in [0, 0.05) is 12.7 Å². The second-order valence-electron chi connectivity index (χ2n) is 4.62. The summed E-state index contributed by atoms with van der Waals surface area (Å²) in [7, 11) is 0. The highest BCUT2D eigenvalue weighted by Crippen LogP contribution is 2.21. The number of benzene rings is 1. The topological polar surface area (TPSA) is 68.0 Å². The van der Waals surface area contributed by atoms with Crippen LogP contribution in [-0.2, 0) is 11.3 Å². The van der Waals surface area contributed by atoms with Crippen LogP contribution >= 0.6 is 0 Å². The molecule has 20 heavy (non-hydrogen) atoms. The van der Waals surface area contributed by atoms with Crippen molar-refractivity contribution in [1.29, 1.82) is 0 Å². The molecule has 1 heterocycles. The van der Waals surface area contributed by atoms with Gasteiger partial charge in [0.15, 0.2) is 0 Å². The lowest BCUT2D eigenvalue weighted by Gasteiger charge is -2.15. The van der Waals surface area contributed by atoms with Crippen LogP contribution in [0.3, 0.4) is 0 Å². The quantitative estimate of drug-likeness (QED) is 0.876. The number of nitrogens with zero attached hydrogens (tertiary/aromatic N) is 1. The molecule has 4 nitrogen and oxygen atoms in total. The van der Waals surface area contributed by atoms with Crippen LogP contribution < -0.4 is 11.1 Å². The average molecular weight is 269 g/mol. The van der Waals surface area contributed by atoms with Crippen molar-refractivity contribution in [1.82, 2.24) is 4.98 Å². The van der Waals surface area contributed by atoms with Gasteiger partial charge >= 0.3 is 0 Å². The van der Waals surface area contributed by atoms with Gasteiger partial charge in [-0.05, 0) is 23.6 Å². The van der Waals surface area contributed by atoms with Crippen LogP contribution in [0.15, 0.2) is 48.7 Å². The Morgan fingerprint density at radius 1 is 1.25 bits per heavy atom. The molecule has 0 radical (unpaired) electrons. The molecule has 1 aromatic heterocycles. The third-order valence-corrected chi connectivity index (χ3v) is 3.24. The summed E-state index contributed by atoms with van der Waals surface area (Å²) in [6, 6.07) is 13.4. The minimum Gasteiger partial charge on any atom is -0.326 e. The Morgan fingerprint density at radius 3 is 2.55 bits per heavy atom. The van der Waals surface area contributed by atoms with Gasteiger partial charge in [-0.3, -0.25) is 4.79 Å². The average Bonchev–Trinajstić information content (AvgIpc) is 2.50. The summed E-state index contributed by atoms with van der Waals surface area (Å²) in [4.78, 5) is 16.5. The highest BCUT2D eigenvalue weighted by Gasteiger charge is 2.18. The summed E-state index contributed by atoms with van der Waals surface area (Å²) >= 11 is 0. The van der Waals surface area contributed by atoms with E-state index in [2.05, 4.69) is 10.3 Å². The molecule has 1 amide bonds. The number of hydrogen-bond donors (Lipinski definition) is 2.